The van der Waals surface area contributed by atoms with E-state index in [2.05, 4.69) is 13.8 Å². The van der Waals surface area contributed by atoms with Gasteiger partial charge in [-0.2, -0.15) is 0 Å². The van der Waals surface area contributed by atoms with Crippen molar-refractivity contribution in [2.75, 3.05) is 0 Å². The van der Waals surface area contributed by atoms with E-state index in [9.17, 15) is 9.90 Å². The Hall–Kier alpha value is -1.29. The van der Waals surface area contributed by atoms with Crippen LogP contribution in [0.5, 0.6) is 5.75 Å². The van der Waals surface area contributed by atoms with Gasteiger partial charge < -0.3 is 5.11 Å². The Bertz CT molecular complexity index is 554. The number of hydrogen-bond acceptors (Lipinski definition) is 3. The molecule has 0 aliphatic carbocycles. The van der Waals surface area contributed by atoms with Crippen LogP contribution in [0, 0.1) is 5.92 Å². The molecule has 2 rings (SSSR count). The molecular weight excluding hydrogens is 222 g/mol. The summed E-state index contributed by atoms with van der Waals surface area (Å²) in [5.74, 6) is 0.801. The minimum absolute atomic E-state index is 0.0562. The standard InChI is InChI=1S/C12H15NO2S/c1-8(2)5-6-13-12(15)10-4-3-9(14)7-11(10)16-13/h3-4,7-8,14H,5-6H2,1-2H3. The van der Waals surface area contributed by atoms with Crippen molar-refractivity contribution in [3.63, 3.8) is 0 Å². The lowest BCUT2D eigenvalue weighted by Crippen LogP contribution is -2.13. The molecule has 16 heavy (non-hydrogen) atoms. The van der Waals surface area contributed by atoms with Crippen molar-refractivity contribution in [3.8, 4) is 5.75 Å². The Morgan fingerprint density at radius 2 is 2.19 bits per heavy atom. The van der Waals surface area contributed by atoms with E-state index in [1.807, 2.05) is 0 Å². The van der Waals surface area contributed by atoms with Crippen LogP contribution < -0.4 is 5.56 Å². The van der Waals surface area contributed by atoms with Gasteiger partial charge in [-0.05, 0) is 30.5 Å². The predicted molar refractivity (Wildman–Crippen MR) is 67.2 cm³/mol. The number of aromatic hydroxyl groups is 1. The highest BCUT2D eigenvalue weighted by Crippen LogP contribution is 2.22. The van der Waals surface area contributed by atoms with Crippen LogP contribution in [-0.2, 0) is 6.54 Å². The molecule has 4 heteroatoms. The summed E-state index contributed by atoms with van der Waals surface area (Å²) in [4.78, 5) is 11.9. The first-order valence-electron chi connectivity index (χ1n) is 5.41. The molecule has 0 atom stereocenters. The van der Waals surface area contributed by atoms with Gasteiger partial charge in [0.2, 0.25) is 0 Å². The third-order valence-corrected chi connectivity index (χ3v) is 3.64. The number of phenolic OH excluding ortho intramolecular Hbond substituents is 1. The number of aryl methyl sites for hydroxylation is 1. The second kappa shape index (κ2) is 4.29. The Labute approximate surface area is 98.1 Å². The molecule has 1 aromatic heterocycles. The minimum atomic E-state index is 0.0562. The average Bonchev–Trinajstić information content (AvgIpc) is 2.52. The van der Waals surface area contributed by atoms with Crippen LogP contribution in [0.2, 0.25) is 0 Å². The quantitative estimate of drug-likeness (QED) is 0.892. The van der Waals surface area contributed by atoms with Crippen molar-refractivity contribution in [1.29, 1.82) is 0 Å². The normalized spacial score (nSPS) is 11.4. The van der Waals surface area contributed by atoms with Crippen molar-refractivity contribution in [3.05, 3.63) is 28.6 Å². The second-order valence-electron chi connectivity index (χ2n) is 4.36. The van der Waals surface area contributed by atoms with Crippen LogP contribution in [0.15, 0.2) is 23.0 Å². The van der Waals surface area contributed by atoms with E-state index in [0.717, 1.165) is 17.7 Å². The summed E-state index contributed by atoms with van der Waals surface area (Å²) in [6.45, 7) is 5.05. The fourth-order valence-corrected chi connectivity index (χ4v) is 2.62. The monoisotopic (exact) mass is 237 g/mol. The Balaban J connectivity index is 2.40. The minimum Gasteiger partial charge on any atom is -0.508 e. The van der Waals surface area contributed by atoms with Gasteiger partial charge in [0, 0.05) is 6.54 Å². The van der Waals surface area contributed by atoms with E-state index in [4.69, 9.17) is 0 Å². The van der Waals surface area contributed by atoms with Crippen LogP contribution in [0.25, 0.3) is 10.1 Å². The summed E-state index contributed by atoms with van der Waals surface area (Å²) >= 11 is 1.42. The van der Waals surface area contributed by atoms with Gasteiger partial charge in [-0.1, -0.05) is 25.4 Å². The number of nitrogens with zero attached hydrogens (tertiary/aromatic N) is 1. The van der Waals surface area contributed by atoms with Gasteiger partial charge in [-0.15, -0.1) is 0 Å². The molecule has 86 valence electrons. The van der Waals surface area contributed by atoms with E-state index in [-0.39, 0.29) is 11.3 Å². The van der Waals surface area contributed by atoms with Gasteiger partial charge in [0.05, 0.1) is 10.1 Å². The molecule has 0 radical (unpaired) electrons. The summed E-state index contributed by atoms with van der Waals surface area (Å²) in [6.07, 6.45) is 0.999. The van der Waals surface area contributed by atoms with Gasteiger partial charge in [0.1, 0.15) is 5.75 Å². The summed E-state index contributed by atoms with van der Waals surface area (Å²) in [5.41, 5.74) is 0.0562. The van der Waals surface area contributed by atoms with E-state index >= 15 is 0 Å². The van der Waals surface area contributed by atoms with Crippen molar-refractivity contribution < 1.29 is 5.11 Å². The Morgan fingerprint density at radius 1 is 1.44 bits per heavy atom. The predicted octanol–water partition coefficient (Wildman–Crippen LogP) is 2.81. The maximum Gasteiger partial charge on any atom is 0.268 e. The molecule has 1 N–H and O–H groups in total. The van der Waals surface area contributed by atoms with Crippen LogP contribution >= 0.6 is 11.5 Å². The molecule has 0 aliphatic rings. The Morgan fingerprint density at radius 3 is 2.88 bits per heavy atom. The lowest BCUT2D eigenvalue weighted by molar-refractivity contribution is 0.476. The average molecular weight is 237 g/mol. The van der Waals surface area contributed by atoms with Gasteiger partial charge in [-0.3, -0.25) is 8.75 Å². The molecule has 0 unspecified atom stereocenters. The zero-order chi connectivity index (χ0) is 11.7. The highest BCUT2D eigenvalue weighted by atomic mass is 32.1. The fourth-order valence-electron chi connectivity index (χ4n) is 1.58. The summed E-state index contributed by atoms with van der Waals surface area (Å²) < 4.78 is 2.62. The number of phenols is 1. The molecule has 0 saturated heterocycles. The smallest absolute Gasteiger partial charge is 0.268 e. The SMILES string of the molecule is CC(C)CCn1sc2cc(O)ccc2c1=O. The topological polar surface area (TPSA) is 42.2 Å². The number of rotatable bonds is 3. The number of hydrogen-bond donors (Lipinski definition) is 1. The molecule has 1 heterocycles. The van der Waals surface area contributed by atoms with Crippen LogP contribution in [0.4, 0.5) is 0 Å². The molecular formula is C12H15NO2S. The third kappa shape index (κ3) is 2.11. The molecule has 3 nitrogen and oxygen atoms in total. The summed E-state index contributed by atoms with van der Waals surface area (Å²) in [7, 11) is 0. The summed E-state index contributed by atoms with van der Waals surface area (Å²) in [5, 5.41) is 10.0. The lowest BCUT2D eigenvalue weighted by atomic mass is 10.1. The lowest BCUT2D eigenvalue weighted by Gasteiger charge is -2.02. The number of aromatic nitrogens is 1. The van der Waals surface area contributed by atoms with Gasteiger partial charge in [-0.25, -0.2) is 0 Å². The third-order valence-electron chi connectivity index (χ3n) is 2.54. The van der Waals surface area contributed by atoms with E-state index in [0.29, 0.717) is 11.3 Å². The number of fused-ring (bicyclic) bond motifs is 1. The maximum atomic E-state index is 11.9. The van der Waals surface area contributed by atoms with Gasteiger partial charge in [0.25, 0.3) is 5.56 Å². The van der Waals surface area contributed by atoms with Crippen molar-refractivity contribution in [2.45, 2.75) is 26.8 Å². The van der Waals surface area contributed by atoms with Crippen molar-refractivity contribution >= 4 is 21.6 Å². The highest BCUT2D eigenvalue weighted by Gasteiger charge is 2.08. The first kappa shape index (κ1) is 11.2. The fraction of sp³-hybridized carbons (Fsp3) is 0.417. The van der Waals surface area contributed by atoms with Gasteiger partial charge >= 0.3 is 0 Å². The first-order chi connectivity index (χ1) is 7.58. The molecule has 1 aromatic carbocycles. The Kier molecular flexibility index (Phi) is 3.01. The van der Waals surface area contributed by atoms with Crippen LogP contribution in [0.3, 0.4) is 0 Å². The molecule has 0 amide bonds. The molecule has 0 spiro atoms. The summed E-state index contributed by atoms with van der Waals surface area (Å²) in [6, 6.07) is 4.89. The largest absolute Gasteiger partial charge is 0.508 e. The van der Waals surface area contributed by atoms with Gasteiger partial charge in [0.15, 0.2) is 0 Å². The maximum absolute atomic E-state index is 11.9. The zero-order valence-electron chi connectivity index (χ0n) is 9.43. The van der Waals surface area contributed by atoms with E-state index in [1.54, 1.807) is 22.2 Å². The van der Waals surface area contributed by atoms with Crippen molar-refractivity contribution in [1.82, 2.24) is 3.96 Å². The zero-order valence-corrected chi connectivity index (χ0v) is 10.3. The first-order valence-corrected chi connectivity index (χ1v) is 6.18. The highest BCUT2D eigenvalue weighted by molar-refractivity contribution is 7.13. The van der Waals surface area contributed by atoms with Crippen LogP contribution in [0.1, 0.15) is 20.3 Å². The molecule has 0 saturated carbocycles. The second-order valence-corrected chi connectivity index (χ2v) is 5.42. The molecule has 0 fully saturated rings. The van der Waals surface area contributed by atoms with Crippen molar-refractivity contribution in [2.24, 2.45) is 5.92 Å². The van der Waals surface area contributed by atoms with E-state index in [1.165, 1.54) is 11.5 Å². The number of benzene rings is 1. The van der Waals surface area contributed by atoms with E-state index < -0.39 is 0 Å². The molecule has 0 aliphatic heterocycles. The molecule has 0 bridgehead atoms. The molecule has 2 aromatic rings. The van der Waals surface area contributed by atoms with Crippen LogP contribution in [-0.4, -0.2) is 9.06 Å².